The van der Waals surface area contributed by atoms with Crippen molar-refractivity contribution in [2.24, 2.45) is 0 Å². The number of aromatic nitrogens is 2. The second-order valence-electron chi connectivity index (χ2n) is 5.53. The highest BCUT2D eigenvalue weighted by atomic mass is 16.6. The molecule has 0 aliphatic rings. The molecule has 24 heavy (non-hydrogen) atoms. The second-order valence-corrected chi connectivity index (χ2v) is 5.53. The molecule has 2 heterocycles. The molecule has 1 aromatic carbocycles. The molecular weight excluding hydrogens is 308 g/mol. The zero-order valence-corrected chi connectivity index (χ0v) is 13.5. The van der Waals surface area contributed by atoms with Crippen LogP contribution in [0, 0.1) is 17.0 Å². The van der Waals surface area contributed by atoms with E-state index >= 15 is 0 Å². The SMILES string of the molecule is Cc1ccc(OCCN(C)c2nc3ccccn3c2[N+](=O)[O-])cc1. The fourth-order valence-electron chi connectivity index (χ4n) is 2.44. The molecule has 0 unspecified atom stereocenters. The van der Waals surface area contributed by atoms with Gasteiger partial charge in [-0.3, -0.25) is 0 Å². The third kappa shape index (κ3) is 3.15. The summed E-state index contributed by atoms with van der Waals surface area (Å²) >= 11 is 0. The molecule has 0 aliphatic heterocycles. The maximum Gasteiger partial charge on any atom is 0.372 e. The van der Waals surface area contributed by atoms with Gasteiger partial charge in [-0.25, -0.2) is 0 Å². The Bertz CT molecular complexity index is 858. The Morgan fingerprint density at radius 3 is 2.71 bits per heavy atom. The molecule has 0 aliphatic carbocycles. The topological polar surface area (TPSA) is 72.9 Å². The minimum absolute atomic E-state index is 0.0385. The Morgan fingerprint density at radius 1 is 1.25 bits per heavy atom. The third-order valence-electron chi connectivity index (χ3n) is 3.74. The molecule has 3 rings (SSSR count). The van der Waals surface area contributed by atoms with E-state index in [0.29, 0.717) is 24.6 Å². The molecule has 0 amide bonds. The summed E-state index contributed by atoms with van der Waals surface area (Å²) in [7, 11) is 1.77. The number of hydrogen-bond donors (Lipinski definition) is 0. The van der Waals surface area contributed by atoms with Gasteiger partial charge in [-0.1, -0.05) is 23.8 Å². The maximum atomic E-state index is 11.4. The first-order valence-electron chi connectivity index (χ1n) is 7.58. The Kier molecular flexibility index (Phi) is 4.33. The van der Waals surface area contributed by atoms with Gasteiger partial charge >= 0.3 is 5.82 Å². The van der Waals surface area contributed by atoms with Crippen molar-refractivity contribution in [2.75, 3.05) is 25.1 Å². The van der Waals surface area contributed by atoms with E-state index in [1.807, 2.05) is 31.2 Å². The minimum Gasteiger partial charge on any atom is -0.492 e. The molecule has 7 heteroatoms. The number of pyridine rings is 1. The highest BCUT2D eigenvalue weighted by Crippen LogP contribution is 2.27. The van der Waals surface area contributed by atoms with Gasteiger partial charge in [0.1, 0.15) is 12.4 Å². The first-order chi connectivity index (χ1) is 11.6. The summed E-state index contributed by atoms with van der Waals surface area (Å²) in [6.07, 6.45) is 1.64. The monoisotopic (exact) mass is 326 g/mol. The van der Waals surface area contributed by atoms with Crippen molar-refractivity contribution in [3.63, 3.8) is 0 Å². The van der Waals surface area contributed by atoms with Gasteiger partial charge in [0.2, 0.25) is 11.5 Å². The second kappa shape index (κ2) is 6.57. The molecule has 0 bridgehead atoms. The van der Waals surface area contributed by atoms with Crippen LogP contribution in [0.4, 0.5) is 11.6 Å². The molecule has 124 valence electrons. The summed E-state index contributed by atoms with van der Waals surface area (Å²) in [6.45, 7) is 2.91. The molecule has 7 nitrogen and oxygen atoms in total. The van der Waals surface area contributed by atoms with Gasteiger partial charge in [0, 0.05) is 13.1 Å². The number of nitrogens with zero attached hydrogens (tertiary/aromatic N) is 4. The Hall–Kier alpha value is -3.09. The molecular formula is C17H18N4O3. The predicted molar refractivity (Wildman–Crippen MR) is 91.8 cm³/mol. The average molecular weight is 326 g/mol. The van der Waals surface area contributed by atoms with Crippen LogP contribution < -0.4 is 9.64 Å². The van der Waals surface area contributed by atoms with Crippen molar-refractivity contribution in [3.05, 3.63) is 64.3 Å². The lowest BCUT2D eigenvalue weighted by Crippen LogP contribution is -2.24. The summed E-state index contributed by atoms with van der Waals surface area (Å²) in [5, 5.41) is 11.4. The fraction of sp³-hybridized carbons (Fsp3) is 0.235. The Labute approximate surface area is 139 Å². The average Bonchev–Trinajstić information content (AvgIpc) is 2.96. The number of nitro groups is 1. The van der Waals surface area contributed by atoms with E-state index in [1.165, 1.54) is 9.96 Å². The van der Waals surface area contributed by atoms with Gasteiger partial charge in [-0.05, 0) is 30.0 Å². The number of anilines is 1. The Balaban J connectivity index is 1.74. The van der Waals surface area contributed by atoms with E-state index in [4.69, 9.17) is 4.74 Å². The van der Waals surface area contributed by atoms with Gasteiger partial charge < -0.3 is 19.8 Å². The van der Waals surface area contributed by atoms with E-state index in [9.17, 15) is 10.1 Å². The van der Waals surface area contributed by atoms with E-state index in [2.05, 4.69) is 4.98 Å². The molecule has 3 aromatic rings. The van der Waals surface area contributed by atoms with E-state index < -0.39 is 4.92 Å². The number of fused-ring (bicyclic) bond motifs is 1. The molecule has 0 N–H and O–H groups in total. The summed E-state index contributed by atoms with van der Waals surface area (Å²) in [6, 6.07) is 13.1. The summed E-state index contributed by atoms with van der Waals surface area (Å²) in [5.74, 6) is 1.07. The number of ether oxygens (including phenoxy) is 1. The van der Waals surface area contributed by atoms with Crippen LogP contribution in [0.15, 0.2) is 48.7 Å². The predicted octanol–water partition coefficient (Wildman–Crippen LogP) is 3.07. The largest absolute Gasteiger partial charge is 0.492 e. The number of likely N-dealkylation sites (N-methyl/N-ethyl adjacent to an activating group) is 1. The number of rotatable bonds is 6. The summed E-state index contributed by atoms with van der Waals surface area (Å²) in [4.78, 5) is 17.1. The van der Waals surface area contributed by atoms with Crippen LogP contribution >= 0.6 is 0 Å². The molecule has 0 spiro atoms. The van der Waals surface area contributed by atoms with Gasteiger partial charge in [-0.15, -0.1) is 0 Å². The molecule has 0 atom stereocenters. The van der Waals surface area contributed by atoms with Crippen LogP contribution in [0.3, 0.4) is 0 Å². The van der Waals surface area contributed by atoms with Crippen molar-refractivity contribution < 1.29 is 9.66 Å². The molecule has 2 aromatic heterocycles. The number of hydrogen-bond acceptors (Lipinski definition) is 5. The van der Waals surface area contributed by atoms with Crippen LogP contribution in [0.2, 0.25) is 0 Å². The van der Waals surface area contributed by atoms with Gasteiger partial charge in [0.25, 0.3) is 0 Å². The molecule has 0 saturated carbocycles. The molecule has 0 fully saturated rings. The van der Waals surface area contributed by atoms with Crippen LogP contribution in [0.5, 0.6) is 5.75 Å². The number of imidazole rings is 1. The molecule has 0 radical (unpaired) electrons. The van der Waals surface area contributed by atoms with Crippen LogP contribution in [0.25, 0.3) is 5.65 Å². The first kappa shape index (κ1) is 15.8. The van der Waals surface area contributed by atoms with Crippen LogP contribution in [0.1, 0.15) is 5.56 Å². The normalized spacial score (nSPS) is 10.8. The van der Waals surface area contributed by atoms with Crippen molar-refractivity contribution in [1.82, 2.24) is 9.38 Å². The molecule has 0 saturated heterocycles. The van der Waals surface area contributed by atoms with Crippen molar-refractivity contribution in [3.8, 4) is 5.75 Å². The van der Waals surface area contributed by atoms with Crippen molar-refractivity contribution in [1.29, 1.82) is 0 Å². The van der Waals surface area contributed by atoms with Gasteiger partial charge in [0.15, 0.2) is 0 Å². The van der Waals surface area contributed by atoms with Crippen LogP contribution in [-0.4, -0.2) is 34.5 Å². The first-order valence-corrected chi connectivity index (χ1v) is 7.58. The standard InChI is InChI=1S/C17H18N4O3/c1-13-6-8-14(9-7-13)24-12-11-19(2)16-17(21(22)23)20-10-4-3-5-15(20)18-16/h3-10H,11-12H2,1-2H3. The van der Waals surface area contributed by atoms with Crippen molar-refractivity contribution >= 4 is 17.3 Å². The summed E-state index contributed by atoms with van der Waals surface area (Å²) < 4.78 is 7.16. The lowest BCUT2D eigenvalue weighted by Gasteiger charge is -2.16. The zero-order valence-electron chi connectivity index (χ0n) is 13.5. The fourth-order valence-corrected chi connectivity index (χ4v) is 2.44. The Morgan fingerprint density at radius 2 is 2.00 bits per heavy atom. The number of aryl methyl sites for hydroxylation is 1. The van der Waals surface area contributed by atoms with Gasteiger partial charge in [-0.2, -0.15) is 9.38 Å². The van der Waals surface area contributed by atoms with Crippen LogP contribution in [-0.2, 0) is 0 Å². The highest BCUT2D eigenvalue weighted by molar-refractivity contribution is 5.63. The quantitative estimate of drug-likeness (QED) is 0.514. The lowest BCUT2D eigenvalue weighted by atomic mass is 10.2. The third-order valence-corrected chi connectivity index (χ3v) is 3.74. The minimum atomic E-state index is -0.410. The van der Waals surface area contributed by atoms with Crippen molar-refractivity contribution in [2.45, 2.75) is 6.92 Å². The lowest BCUT2D eigenvalue weighted by molar-refractivity contribution is -0.389. The zero-order chi connectivity index (χ0) is 17.1. The van der Waals surface area contributed by atoms with Gasteiger partial charge in [0.05, 0.1) is 12.7 Å². The number of benzene rings is 1. The smallest absolute Gasteiger partial charge is 0.372 e. The van der Waals surface area contributed by atoms with E-state index in [1.54, 1.807) is 36.3 Å². The summed E-state index contributed by atoms with van der Waals surface area (Å²) in [5.41, 5.74) is 1.71. The van der Waals surface area contributed by atoms with E-state index in [0.717, 1.165) is 5.75 Å². The maximum absolute atomic E-state index is 11.4. The van der Waals surface area contributed by atoms with E-state index in [-0.39, 0.29) is 5.82 Å². The highest BCUT2D eigenvalue weighted by Gasteiger charge is 2.24.